The fourth-order valence-corrected chi connectivity index (χ4v) is 3.55. The third-order valence-electron chi connectivity index (χ3n) is 5.39. The number of likely N-dealkylation sites (N-methyl/N-ethyl adjacent to an activating group) is 1. The van der Waals surface area contributed by atoms with Crippen LogP contribution in [0.2, 0.25) is 0 Å². The van der Waals surface area contributed by atoms with E-state index >= 15 is 0 Å². The number of nitriles is 1. The normalized spacial score (nSPS) is 10.9. The van der Waals surface area contributed by atoms with E-state index in [1.54, 1.807) is 11.1 Å². The molecule has 2 N–H and O–H groups in total. The lowest BCUT2D eigenvalue weighted by atomic mass is 10.0. The Morgan fingerprint density at radius 2 is 1.85 bits per heavy atom. The standard InChI is InChI=1S/C26H26N4O4/c1-3-30(4-2)25(32)17-34-16-20-8-6-9-22-19(7-5-10-23(20)22)15-28-29-26(33)18-11-12-24(31)21(13-18)14-27/h5-13,15,31H,3-4,16-17H2,1-2H3,(H,29,33)/b28-15+. The van der Waals surface area contributed by atoms with Gasteiger partial charge >= 0.3 is 0 Å². The smallest absolute Gasteiger partial charge is 0.271 e. The number of nitrogens with zero attached hydrogens (tertiary/aromatic N) is 3. The Kier molecular flexibility index (Phi) is 8.32. The summed E-state index contributed by atoms with van der Waals surface area (Å²) in [5.41, 5.74) is 4.40. The summed E-state index contributed by atoms with van der Waals surface area (Å²) < 4.78 is 5.68. The predicted octanol–water partition coefficient (Wildman–Crippen LogP) is 3.57. The van der Waals surface area contributed by atoms with Crippen molar-refractivity contribution >= 4 is 28.8 Å². The van der Waals surface area contributed by atoms with Crippen LogP contribution in [-0.4, -0.2) is 47.7 Å². The summed E-state index contributed by atoms with van der Waals surface area (Å²) in [6.45, 7) is 5.49. The molecule has 0 saturated carbocycles. The number of amides is 2. The highest BCUT2D eigenvalue weighted by molar-refractivity contribution is 6.02. The van der Waals surface area contributed by atoms with Gasteiger partial charge in [-0.25, -0.2) is 5.43 Å². The van der Waals surface area contributed by atoms with E-state index in [9.17, 15) is 14.7 Å². The Morgan fingerprint density at radius 3 is 2.59 bits per heavy atom. The van der Waals surface area contributed by atoms with Crippen LogP contribution in [0.25, 0.3) is 10.8 Å². The highest BCUT2D eigenvalue weighted by Crippen LogP contribution is 2.22. The second kappa shape index (κ2) is 11.6. The first-order valence-electron chi connectivity index (χ1n) is 10.9. The topological polar surface area (TPSA) is 115 Å². The largest absolute Gasteiger partial charge is 0.507 e. The van der Waals surface area contributed by atoms with Crippen molar-refractivity contribution in [1.82, 2.24) is 10.3 Å². The molecule has 34 heavy (non-hydrogen) atoms. The van der Waals surface area contributed by atoms with Crippen molar-refractivity contribution in [1.29, 1.82) is 5.26 Å². The van der Waals surface area contributed by atoms with Crippen molar-refractivity contribution in [3.05, 3.63) is 76.9 Å². The number of phenolic OH excluding ortho intramolecular Hbond substituents is 1. The maximum absolute atomic E-state index is 12.3. The molecule has 0 aliphatic rings. The van der Waals surface area contributed by atoms with Crippen molar-refractivity contribution in [2.45, 2.75) is 20.5 Å². The number of carbonyl (C=O) groups excluding carboxylic acids is 2. The first-order chi connectivity index (χ1) is 16.5. The maximum Gasteiger partial charge on any atom is 0.271 e. The fourth-order valence-electron chi connectivity index (χ4n) is 3.55. The average Bonchev–Trinajstić information content (AvgIpc) is 2.85. The molecule has 0 radical (unpaired) electrons. The second-order valence-electron chi connectivity index (χ2n) is 7.46. The zero-order chi connectivity index (χ0) is 24.5. The van der Waals surface area contributed by atoms with Crippen LogP contribution in [0.5, 0.6) is 5.75 Å². The number of hydrogen-bond acceptors (Lipinski definition) is 6. The molecule has 3 aromatic rings. The van der Waals surface area contributed by atoms with Crippen LogP contribution >= 0.6 is 0 Å². The quantitative estimate of drug-likeness (QED) is 0.376. The molecule has 0 fully saturated rings. The van der Waals surface area contributed by atoms with Crippen molar-refractivity contribution in [3.63, 3.8) is 0 Å². The van der Waals surface area contributed by atoms with Crippen LogP contribution in [-0.2, 0) is 16.1 Å². The SMILES string of the molecule is CCN(CC)C(=O)COCc1cccc2c(/C=N/NC(=O)c3ccc(O)c(C#N)c3)cccc12. The zero-order valence-electron chi connectivity index (χ0n) is 19.1. The molecular formula is C26H26N4O4. The molecule has 0 saturated heterocycles. The van der Waals surface area contributed by atoms with Gasteiger partial charge < -0.3 is 14.7 Å². The lowest BCUT2D eigenvalue weighted by molar-refractivity contribution is -0.136. The van der Waals surface area contributed by atoms with Crippen LogP contribution < -0.4 is 5.43 Å². The van der Waals surface area contributed by atoms with Crippen molar-refractivity contribution in [2.75, 3.05) is 19.7 Å². The van der Waals surface area contributed by atoms with Crippen LogP contribution in [0.1, 0.15) is 40.9 Å². The van der Waals surface area contributed by atoms with Gasteiger partial charge in [0, 0.05) is 24.2 Å². The van der Waals surface area contributed by atoms with E-state index in [0.717, 1.165) is 21.9 Å². The third kappa shape index (κ3) is 5.77. The van der Waals surface area contributed by atoms with E-state index in [0.29, 0.717) is 19.7 Å². The monoisotopic (exact) mass is 458 g/mol. The number of rotatable bonds is 9. The molecule has 0 aliphatic carbocycles. The predicted molar refractivity (Wildman–Crippen MR) is 129 cm³/mol. The summed E-state index contributed by atoms with van der Waals surface area (Å²) in [5.74, 6) is -0.722. The molecule has 3 aromatic carbocycles. The van der Waals surface area contributed by atoms with Crippen LogP contribution in [0.4, 0.5) is 0 Å². The number of hydrogen-bond donors (Lipinski definition) is 2. The summed E-state index contributed by atoms with van der Waals surface area (Å²) in [6, 6.07) is 17.4. The zero-order valence-corrected chi connectivity index (χ0v) is 19.1. The number of benzene rings is 3. The van der Waals surface area contributed by atoms with Gasteiger partial charge in [0.2, 0.25) is 5.91 Å². The van der Waals surface area contributed by atoms with Crippen LogP contribution in [0.15, 0.2) is 59.7 Å². The molecule has 3 rings (SSSR count). The van der Waals surface area contributed by atoms with Gasteiger partial charge in [0.05, 0.1) is 18.4 Å². The molecular weight excluding hydrogens is 432 g/mol. The van der Waals surface area contributed by atoms with Crippen molar-refractivity contribution in [3.8, 4) is 11.8 Å². The third-order valence-corrected chi connectivity index (χ3v) is 5.39. The summed E-state index contributed by atoms with van der Waals surface area (Å²) in [7, 11) is 0. The van der Waals surface area contributed by atoms with Gasteiger partial charge in [0.25, 0.3) is 5.91 Å². The summed E-state index contributed by atoms with van der Waals surface area (Å²) >= 11 is 0. The average molecular weight is 459 g/mol. The Bertz CT molecular complexity index is 1260. The Balaban J connectivity index is 1.71. The lowest BCUT2D eigenvalue weighted by Crippen LogP contribution is -2.33. The minimum absolute atomic E-state index is 0.0132. The fraction of sp³-hybridized carbons (Fsp3) is 0.231. The van der Waals surface area contributed by atoms with E-state index in [1.807, 2.05) is 56.3 Å². The van der Waals surface area contributed by atoms with Gasteiger partial charge in [-0.1, -0.05) is 36.4 Å². The molecule has 8 heteroatoms. The van der Waals surface area contributed by atoms with Crippen LogP contribution in [0.3, 0.4) is 0 Å². The number of hydrazone groups is 1. The van der Waals surface area contributed by atoms with E-state index in [-0.39, 0.29) is 29.4 Å². The number of nitrogens with one attached hydrogen (secondary N) is 1. The molecule has 8 nitrogen and oxygen atoms in total. The van der Waals surface area contributed by atoms with E-state index in [2.05, 4.69) is 10.5 Å². The Labute approximate surface area is 198 Å². The van der Waals surface area contributed by atoms with E-state index < -0.39 is 5.91 Å². The number of ether oxygens (including phenoxy) is 1. The van der Waals surface area contributed by atoms with Gasteiger partial charge in [-0.05, 0) is 48.4 Å². The van der Waals surface area contributed by atoms with Gasteiger partial charge in [-0.15, -0.1) is 0 Å². The van der Waals surface area contributed by atoms with Gasteiger partial charge in [0.15, 0.2) is 0 Å². The number of aromatic hydroxyl groups is 1. The second-order valence-corrected chi connectivity index (χ2v) is 7.46. The van der Waals surface area contributed by atoms with Crippen molar-refractivity contribution in [2.24, 2.45) is 5.10 Å². The lowest BCUT2D eigenvalue weighted by Gasteiger charge is -2.18. The summed E-state index contributed by atoms with van der Waals surface area (Å²) in [6.07, 6.45) is 1.54. The Hall–Kier alpha value is -4.22. The van der Waals surface area contributed by atoms with Gasteiger partial charge in [-0.2, -0.15) is 10.4 Å². The molecule has 0 bridgehead atoms. The minimum atomic E-state index is -0.500. The van der Waals surface area contributed by atoms with Gasteiger partial charge in [0.1, 0.15) is 18.4 Å². The highest BCUT2D eigenvalue weighted by Gasteiger charge is 2.11. The summed E-state index contributed by atoms with van der Waals surface area (Å²) in [4.78, 5) is 26.2. The van der Waals surface area contributed by atoms with Crippen molar-refractivity contribution < 1.29 is 19.4 Å². The number of phenols is 1. The maximum atomic E-state index is 12.3. The number of fused-ring (bicyclic) bond motifs is 1. The molecule has 0 spiro atoms. The van der Waals surface area contributed by atoms with Crippen LogP contribution in [0, 0.1) is 11.3 Å². The van der Waals surface area contributed by atoms with E-state index in [1.165, 1.54) is 18.2 Å². The molecule has 174 valence electrons. The Morgan fingerprint density at radius 1 is 1.12 bits per heavy atom. The van der Waals surface area contributed by atoms with Gasteiger partial charge in [-0.3, -0.25) is 9.59 Å². The summed E-state index contributed by atoms with van der Waals surface area (Å²) in [5, 5.41) is 24.5. The molecule has 2 amide bonds. The minimum Gasteiger partial charge on any atom is -0.507 e. The highest BCUT2D eigenvalue weighted by atomic mass is 16.5. The molecule has 0 aromatic heterocycles. The molecule has 0 heterocycles. The molecule has 0 unspecified atom stereocenters. The van der Waals surface area contributed by atoms with E-state index in [4.69, 9.17) is 10.00 Å². The number of carbonyl (C=O) groups is 2. The molecule has 0 atom stereocenters. The molecule has 0 aliphatic heterocycles. The first-order valence-corrected chi connectivity index (χ1v) is 10.9. The first kappa shape index (κ1) is 24.4.